The Hall–Kier alpha value is -3.23. The highest BCUT2D eigenvalue weighted by atomic mass is 16.2. The van der Waals surface area contributed by atoms with Crippen LogP contribution in [0.25, 0.3) is 0 Å². The van der Waals surface area contributed by atoms with Gasteiger partial charge in [0.1, 0.15) is 18.9 Å². The highest BCUT2D eigenvalue weighted by molar-refractivity contribution is 5.96. The van der Waals surface area contributed by atoms with Crippen LogP contribution in [-0.4, -0.2) is 62.9 Å². The van der Waals surface area contributed by atoms with Gasteiger partial charge in [-0.2, -0.15) is 0 Å². The second-order valence-corrected chi connectivity index (χ2v) is 6.90. The zero-order valence-corrected chi connectivity index (χ0v) is 16.0. The average Bonchev–Trinajstić information content (AvgIpc) is 3.11. The second-order valence-electron chi connectivity index (χ2n) is 6.90. The molecule has 1 saturated heterocycles. The van der Waals surface area contributed by atoms with E-state index in [1.807, 2.05) is 30.3 Å². The lowest BCUT2D eigenvalue weighted by atomic mass is 10.0. The maximum absolute atomic E-state index is 13.0. The van der Waals surface area contributed by atoms with E-state index >= 15 is 0 Å². The predicted molar refractivity (Wildman–Crippen MR) is 102 cm³/mol. The van der Waals surface area contributed by atoms with Gasteiger partial charge in [-0.3, -0.25) is 19.7 Å². The van der Waals surface area contributed by atoms with E-state index in [-0.39, 0.29) is 30.2 Å². The molecule has 3 amide bonds. The largest absolute Gasteiger partial charge is 0.347 e. The van der Waals surface area contributed by atoms with Crippen LogP contribution in [0.15, 0.2) is 36.7 Å². The van der Waals surface area contributed by atoms with Crippen molar-refractivity contribution in [3.05, 3.63) is 42.2 Å². The summed E-state index contributed by atoms with van der Waals surface area (Å²) in [6.45, 7) is 0.563. The predicted octanol–water partition coefficient (Wildman–Crippen LogP) is 1.06. The molecule has 148 valence electrons. The van der Waals surface area contributed by atoms with Gasteiger partial charge in [-0.1, -0.05) is 30.3 Å². The zero-order chi connectivity index (χ0) is 20.1. The van der Waals surface area contributed by atoms with E-state index < -0.39 is 6.04 Å². The normalized spacial score (nSPS) is 15.2. The molecule has 9 nitrogen and oxygen atoms in total. The number of benzene rings is 1. The number of likely N-dealkylation sites (N-methyl/N-ethyl adjacent to an activating group) is 1. The van der Waals surface area contributed by atoms with Crippen LogP contribution >= 0.6 is 0 Å². The molecule has 2 aromatic rings. The minimum atomic E-state index is -0.746. The third kappa shape index (κ3) is 4.54. The van der Waals surface area contributed by atoms with Crippen molar-refractivity contribution in [1.29, 1.82) is 0 Å². The van der Waals surface area contributed by atoms with Crippen molar-refractivity contribution >= 4 is 23.7 Å². The number of anilines is 1. The summed E-state index contributed by atoms with van der Waals surface area (Å²) in [4.78, 5) is 44.4. The fourth-order valence-electron chi connectivity index (χ4n) is 3.09. The zero-order valence-electron chi connectivity index (χ0n) is 16.0. The molecule has 0 aliphatic carbocycles. The lowest BCUT2D eigenvalue weighted by Crippen LogP contribution is -2.43. The second kappa shape index (κ2) is 8.64. The Morgan fingerprint density at radius 2 is 1.96 bits per heavy atom. The quantitative estimate of drug-likeness (QED) is 0.803. The van der Waals surface area contributed by atoms with E-state index in [1.165, 1.54) is 15.9 Å². The lowest BCUT2D eigenvalue weighted by molar-refractivity contribution is -0.141. The Kier molecular flexibility index (Phi) is 6.03. The summed E-state index contributed by atoms with van der Waals surface area (Å²) >= 11 is 0. The van der Waals surface area contributed by atoms with Crippen molar-refractivity contribution in [2.45, 2.75) is 31.8 Å². The summed E-state index contributed by atoms with van der Waals surface area (Å²) in [7, 11) is 3.31. The van der Waals surface area contributed by atoms with Gasteiger partial charge in [0.2, 0.25) is 17.8 Å². The van der Waals surface area contributed by atoms with E-state index in [9.17, 15) is 14.4 Å². The molecule has 0 radical (unpaired) electrons. The average molecular weight is 384 g/mol. The number of nitrogens with one attached hydrogen (secondary N) is 1. The van der Waals surface area contributed by atoms with Gasteiger partial charge in [0, 0.05) is 27.1 Å². The molecule has 0 saturated carbocycles. The van der Waals surface area contributed by atoms with Crippen LogP contribution in [0.3, 0.4) is 0 Å². The molecule has 2 heterocycles. The van der Waals surface area contributed by atoms with E-state index in [4.69, 9.17) is 0 Å². The van der Waals surface area contributed by atoms with Crippen molar-refractivity contribution < 1.29 is 14.4 Å². The number of piperidine rings is 1. The summed E-state index contributed by atoms with van der Waals surface area (Å²) in [5.74, 6) is -0.450. The number of likely N-dealkylation sites (tertiary alicyclic amines) is 1. The third-order valence-corrected chi connectivity index (χ3v) is 4.60. The molecule has 1 aliphatic rings. The van der Waals surface area contributed by atoms with Gasteiger partial charge >= 0.3 is 0 Å². The molecule has 1 aromatic heterocycles. The summed E-state index contributed by atoms with van der Waals surface area (Å²) in [5.41, 5.74) is 0.734. The van der Waals surface area contributed by atoms with Crippen LogP contribution in [0.1, 0.15) is 30.9 Å². The number of carbonyl (C=O) groups is 3. The van der Waals surface area contributed by atoms with Gasteiger partial charge in [0.05, 0.1) is 0 Å². The van der Waals surface area contributed by atoms with Crippen LogP contribution in [0, 0.1) is 0 Å². The van der Waals surface area contributed by atoms with Gasteiger partial charge in [0.15, 0.2) is 0 Å². The fraction of sp³-hybridized carbons (Fsp3) is 0.421. The molecular formula is C19H24N6O3. The van der Waals surface area contributed by atoms with Crippen LogP contribution < -0.4 is 5.32 Å². The van der Waals surface area contributed by atoms with Crippen molar-refractivity contribution in [2.75, 3.05) is 26.0 Å². The van der Waals surface area contributed by atoms with Gasteiger partial charge in [0.25, 0.3) is 5.91 Å². The number of aromatic nitrogens is 3. The fourth-order valence-corrected chi connectivity index (χ4v) is 3.09. The maximum Gasteiger partial charge on any atom is 0.254 e. The molecule has 1 N–H and O–H groups in total. The monoisotopic (exact) mass is 384 g/mol. The Labute approximate surface area is 163 Å². The molecule has 1 aromatic carbocycles. The van der Waals surface area contributed by atoms with Gasteiger partial charge < -0.3 is 9.80 Å². The third-order valence-electron chi connectivity index (χ3n) is 4.60. The van der Waals surface area contributed by atoms with E-state index in [2.05, 4.69) is 15.4 Å². The molecule has 1 unspecified atom stereocenters. The van der Waals surface area contributed by atoms with E-state index in [1.54, 1.807) is 19.0 Å². The van der Waals surface area contributed by atoms with Gasteiger partial charge in [-0.05, 0) is 18.4 Å². The molecule has 1 fully saturated rings. The van der Waals surface area contributed by atoms with Crippen molar-refractivity contribution in [1.82, 2.24) is 24.6 Å². The van der Waals surface area contributed by atoms with Crippen LogP contribution in [-0.2, 0) is 20.9 Å². The number of amides is 3. The van der Waals surface area contributed by atoms with E-state index in [0.717, 1.165) is 18.4 Å². The molecule has 9 heteroatoms. The SMILES string of the molecule is CN(C)C(=O)Cn1cnc(NC(=O)C(c2ccccc2)N2CCCCC2=O)n1. The Balaban J connectivity index is 1.77. The first kappa shape index (κ1) is 19.5. The van der Waals surface area contributed by atoms with Crippen LogP contribution in [0.4, 0.5) is 5.95 Å². The van der Waals surface area contributed by atoms with Crippen LogP contribution in [0.2, 0.25) is 0 Å². The molecule has 1 aliphatic heterocycles. The number of nitrogens with zero attached hydrogens (tertiary/aromatic N) is 5. The highest BCUT2D eigenvalue weighted by Crippen LogP contribution is 2.26. The highest BCUT2D eigenvalue weighted by Gasteiger charge is 2.33. The smallest absolute Gasteiger partial charge is 0.254 e. The number of rotatable bonds is 6. The number of carbonyl (C=O) groups excluding carboxylic acids is 3. The summed E-state index contributed by atoms with van der Waals surface area (Å²) in [6, 6.07) is 8.45. The van der Waals surface area contributed by atoms with Crippen molar-refractivity contribution in [3.63, 3.8) is 0 Å². The minimum absolute atomic E-state index is 0.0304. The Morgan fingerprint density at radius 1 is 1.21 bits per heavy atom. The Morgan fingerprint density at radius 3 is 2.64 bits per heavy atom. The van der Waals surface area contributed by atoms with E-state index in [0.29, 0.717) is 13.0 Å². The number of hydrogen-bond acceptors (Lipinski definition) is 5. The maximum atomic E-state index is 13.0. The van der Waals surface area contributed by atoms with Gasteiger partial charge in [-0.15, -0.1) is 5.10 Å². The van der Waals surface area contributed by atoms with Crippen molar-refractivity contribution in [3.8, 4) is 0 Å². The van der Waals surface area contributed by atoms with Gasteiger partial charge in [-0.25, -0.2) is 9.67 Å². The first-order valence-corrected chi connectivity index (χ1v) is 9.20. The van der Waals surface area contributed by atoms with Crippen LogP contribution in [0.5, 0.6) is 0 Å². The molecule has 28 heavy (non-hydrogen) atoms. The summed E-state index contributed by atoms with van der Waals surface area (Å²) < 4.78 is 1.36. The lowest BCUT2D eigenvalue weighted by Gasteiger charge is -2.33. The van der Waals surface area contributed by atoms with Crippen molar-refractivity contribution in [2.24, 2.45) is 0 Å². The topological polar surface area (TPSA) is 100 Å². The molecular weight excluding hydrogens is 360 g/mol. The first-order valence-electron chi connectivity index (χ1n) is 9.20. The molecule has 1 atom stereocenters. The summed E-state index contributed by atoms with van der Waals surface area (Å²) in [6.07, 6.45) is 3.53. The standard InChI is InChI=1S/C19H24N6O3/c1-23(2)16(27)12-24-13-20-19(22-24)21-18(28)17(14-8-4-3-5-9-14)25-11-7-6-10-15(25)26/h3-5,8-9,13,17H,6-7,10-12H2,1-2H3,(H,21,22,28). The molecule has 0 spiro atoms. The molecule has 3 rings (SSSR count). The molecule has 0 bridgehead atoms. The summed E-state index contributed by atoms with van der Waals surface area (Å²) in [5, 5.41) is 6.82. The minimum Gasteiger partial charge on any atom is -0.347 e. The number of hydrogen-bond donors (Lipinski definition) is 1. The Bertz CT molecular complexity index is 848. The first-order chi connectivity index (χ1) is 13.5.